The zero-order chi connectivity index (χ0) is 22.0. The van der Waals surface area contributed by atoms with Crippen molar-refractivity contribution in [1.29, 1.82) is 0 Å². The lowest BCUT2D eigenvalue weighted by molar-refractivity contribution is 0.436. The third-order valence-electron chi connectivity index (χ3n) is 5.70. The molecular weight excluding hydrogens is 408 g/mol. The molecule has 0 amide bonds. The lowest BCUT2D eigenvalue weighted by atomic mass is 9.99. The van der Waals surface area contributed by atoms with Crippen molar-refractivity contribution in [1.82, 2.24) is 10.2 Å². The zero-order valence-electron chi connectivity index (χ0n) is 18.2. The van der Waals surface area contributed by atoms with Crippen LogP contribution in [0, 0.1) is 19.8 Å². The molecule has 7 heteroatoms. The molecule has 2 heterocycles. The Kier molecular flexibility index (Phi) is 5.96. The van der Waals surface area contributed by atoms with Crippen LogP contribution in [-0.2, 0) is 10.0 Å². The topological polar surface area (TPSA) is 75.2 Å². The first-order chi connectivity index (χ1) is 14.8. The molecule has 0 saturated carbocycles. The predicted molar refractivity (Wildman–Crippen MR) is 125 cm³/mol. The molecule has 0 radical (unpaired) electrons. The summed E-state index contributed by atoms with van der Waals surface area (Å²) >= 11 is 0. The first kappa shape index (κ1) is 21.3. The summed E-state index contributed by atoms with van der Waals surface area (Å²) in [6.07, 6.45) is 2.37. The Morgan fingerprint density at radius 3 is 2.13 bits per heavy atom. The second-order valence-electron chi connectivity index (χ2n) is 8.45. The summed E-state index contributed by atoms with van der Waals surface area (Å²) in [6.45, 7) is 8.10. The molecule has 1 saturated heterocycles. The Balaban J connectivity index is 1.46. The van der Waals surface area contributed by atoms with E-state index in [1.807, 2.05) is 44.2 Å². The van der Waals surface area contributed by atoms with Crippen molar-refractivity contribution >= 4 is 21.5 Å². The largest absolute Gasteiger partial charge is 0.355 e. The maximum absolute atomic E-state index is 12.7. The highest BCUT2D eigenvalue weighted by molar-refractivity contribution is 7.92. The van der Waals surface area contributed by atoms with Gasteiger partial charge in [-0.2, -0.15) is 0 Å². The third-order valence-corrected chi connectivity index (χ3v) is 7.06. The third kappa shape index (κ3) is 5.05. The fourth-order valence-corrected chi connectivity index (χ4v) is 5.14. The van der Waals surface area contributed by atoms with Crippen LogP contribution in [0.2, 0.25) is 0 Å². The number of aryl methyl sites for hydroxylation is 2. The predicted octanol–water partition coefficient (Wildman–Crippen LogP) is 4.80. The molecule has 0 atom stereocenters. The lowest BCUT2D eigenvalue weighted by Gasteiger charge is -2.30. The van der Waals surface area contributed by atoms with Crippen LogP contribution < -0.4 is 9.62 Å². The first-order valence-corrected chi connectivity index (χ1v) is 12.1. The van der Waals surface area contributed by atoms with E-state index in [0.717, 1.165) is 47.2 Å². The molecule has 31 heavy (non-hydrogen) atoms. The Morgan fingerprint density at radius 1 is 0.903 bits per heavy atom. The van der Waals surface area contributed by atoms with Gasteiger partial charge in [0.05, 0.1) is 10.6 Å². The van der Waals surface area contributed by atoms with Gasteiger partial charge in [0.2, 0.25) is 0 Å². The van der Waals surface area contributed by atoms with Gasteiger partial charge in [0.15, 0.2) is 5.82 Å². The molecule has 2 aromatic carbocycles. The van der Waals surface area contributed by atoms with Crippen LogP contribution in [0.15, 0.2) is 59.5 Å². The average molecular weight is 437 g/mol. The quantitative estimate of drug-likeness (QED) is 0.622. The molecule has 1 aliphatic heterocycles. The summed E-state index contributed by atoms with van der Waals surface area (Å²) in [5.74, 6) is 1.68. The fraction of sp³-hybridized carbons (Fsp3) is 0.333. The van der Waals surface area contributed by atoms with Crippen molar-refractivity contribution < 1.29 is 8.42 Å². The van der Waals surface area contributed by atoms with E-state index in [-0.39, 0.29) is 4.90 Å². The second kappa shape index (κ2) is 8.67. The molecule has 0 unspecified atom stereocenters. The summed E-state index contributed by atoms with van der Waals surface area (Å²) in [7, 11) is -3.64. The van der Waals surface area contributed by atoms with Gasteiger partial charge in [-0.3, -0.25) is 4.72 Å². The van der Waals surface area contributed by atoms with Crippen LogP contribution in [-0.4, -0.2) is 31.7 Å². The normalized spacial score (nSPS) is 15.1. The zero-order valence-corrected chi connectivity index (χ0v) is 19.0. The van der Waals surface area contributed by atoms with Gasteiger partial charge in [-0.05, 0) is 80.1 Å². The van der Waals surface area contributed by atoms with Crippen LogP contribution in [0.4, 0.5) is 11.5 Å². The highest BCUT2D eigenvalue weighted by atomic mass is 32.2. The SMILES string of the molecule is Cc1cc(C)cc(S(=O)(=O)Nc2ccc(-c3ccc(N4CCC(C)CC4)nn3)cc2)c1. The highest BCUT2D eigenvalue weighted by Crippen LogP contribution is 2.25. The van der Waals surface area contributed by atoms with Crippen LogP contribution in [0.1, 0.15) is 30.9 Å². The maximum atomic E-state index is 12.7. The van der Waals surface area contributed by atoms with E-state index in [9.17, 15) is 8.42 Å². The number of hydrogen-bond donors (Lipinski definition) is 1. The fourth-order valence-electron chi connectivity index (χ4n) is 3.90. The van der Waals surface area contributed by atoms with E-state index in [2.05, 4.69) is 26.7 Å². The Bertz CT molecular complexity index is 1130. The minimum Gasteiger partial charge on any atom is -0.355 e. The Hall–Kier alpha value is -2.93. The summed E-state index contributed by atoms with van der Waals surface area (Å²) in [4.78, 5) is 2.55. The molecule has 6 nitrogen and oxygen atoms in total. The number of nitrogens with one attached hydrogen (secondary N) is 1. The minimum absolute atomic E-state index is 0.266. The van der Waals surface area contributed by atoms with Gasteiger partial charge in [0.25, 0.3) is 10.0 Å². The molecule has 1 N–H and O–H groups in total. The molecule has 1 aromatic heterocycles. The van der Waals surface area contributed by atoms with Gasteiger partial charge in [0.1, 0.15) is 0 Å². The number of benzene rings is 2. The van der Waals surface area contributed by atoms with E-state index in [1.165, 1.54) is 12.8 Å². The van der Waals surface area contributed by atoms with E-state index < -0.39 is 10.0 Å². The first-order valence-electron chi connectivity index (χ1n) is 10.6. The van der Waals surface area contributed by atoms with Gasteiger partial charge in [-0.25, -0.2) is 8.42 Å². The molecular formula is C24H28N4O2S. The summed E-state index contributed by atoms with van der Waals surface area (Å²) in [5.41, 5.74) is 3.99. The molecule has 162 valence electrons. The van der Waals surface area contributed by atoms with Gasteiger partial charge in [-0.15, -0.1) is 10.2 Å². The van der Waals surface area contributed by atoms with Crippen molar-refractivity contribution in [2.45, 2.75) is 38.5 Å². The smallest absolute Gasteiger partial charge is 0.261 e. The summed E-state index contributed by atoms with van der Waals surface area (Å²) in [5, 5.41) is 8.79. The monoisotopic (exact) mass is 436 g/mol. The Morgan fingerprint density at radius 2 is 1.55 bits per heavy atom. The van der Waals surface area contributed by atoms with Crippen molar-refractivity contribution in [2.24, 2.45) is 5.92 Å². The molecule has 4 rings (SSSR count). The number of aromatic nitrogens is 2. The number of rotatable bonds is 5. The highest BCUT2D eigenvalue weighted by Gasteiger charge is 2.18. The van der Waals surface area contributed by atoms with E-state index in [4.69, 9.17) is 0 Å². The minimum atomic E-state index is -3.64. The number of nitrogens with zero attached hydrogens (tertiary/aromatic N) is 3. The lowest BCUT2D eigenvalue weighted by Crippen LogP contribution is -2.33. The van der Waals surface area contributed by atoms with Gasteiger partial charge in [0, 0.05) is 24.3 Å². The van der Waals surface area contributed by atoms with E-state index >= 15 is 0 Å². The summed E-state index contributed by atoms with van der Waals surface area (Å²) in [6, 6.07) is 16.5. The molecule has 3 aromatic rings. The maximum Gasteiger partial charge on any atom is 0.261 e. The van der Waals surface area contributed by atoms with Crippen LogP contribution >= 0.6 is 0 Å². The summed E-state index contributed by atoms with van der Waals surface area (Å²) < 4.78 is 28.1. The Labute approximate surface area is 184 Å². The van der Waals surface area contributed by atoms with Crippen molar-refractivity contribution in [2.75, 3.05) is 22.7 Å². The van der Waals surface area contributed by atoms with E-state index in [0.29, 0.717) is 5.69 Å². The number of hydrogen-bond acceptors (Lipinski definition) is 5. The van der Waals surface area contributed by atoms with Crippen LogP contribution in [0.3, 0.4) is 0 Å². The standard InChI is InChI=1S/C24H28N4O2S/c1-17-10-12-28(13-11-17)24-9-8-23(25-26-24)20-4-6-21(7-5-20)27-31(29,30)22-15-18(2)14-19(3)16-22/h4-9,14-17,27H,10-13H2,1-3H3. The molecule has 1 aliphatic rings. The molecule has 0 bridgehead atoms. The number of anilines is 2. The molecule has 0 spiro atoms. The van der Waals surface area contributed by atoms with Crippen molar-refractivity contribution in [3.8, 4) is 11.3 Å². The van der Waals surface area contributed by atoms with Gasteiger partial charge >= 0.3 is 0 Å². The second-order valence-corrected chi connectivity index (χ2v) is 10.1. The van der Waals surface area contributed by atoms with Crippen molar-refractivity contribution in [3.05, 3.63) is 65.7 Å². The molecule has 0 aliphatic carbocycles. The van der Waals surface area contributed by atoms with Crippen LogP contribution in [0.5, 0.6) is 0 Å². The molecule has 1 fully saturated rings. The van der Waals surface area contributed by atoms with E-state index in [1.54, 1.807) is 24.3 Å². The number of piperidine rings is 1. The van der Waals surface area contributed by atoms with Gasteiger partial charge < -0.3 is 4.90 Å². The van der Waals surface area contributed by atoms with Crippen molar-refractivity contribution in [3.63, 3.8) is 0 Å². The number of sulfonamides is 1. The average Bonchev–Trinajstić information content (AvgIpc) is 2.74. The van der Waals surface area contributed by atoms with Crippen LogP contribution in [0.25, 0.3) is 11.3 Å². The van der Waals surface area contributed by atoms with Gasteiger partial charge in [-0.1, -0.05) is 25.1 Å².